The van der Waals surface area contributed by atoms with Crippen LogP contribution in [0.5, 0.6) is 11.5 Å². The summed E-state index contributed by atoms with van der Waals surface area (Å²) in [5.74, 6) is 1.42. The maximum atomic E-state index is 13.4. The second-order valence-corrected chi connectivity index (χ2v) is 8.49. The smallest absolute Gasteiger partial charge is 0.260 e. The van der Waals surface area contributed by atoms with E-state index in [9.17, 15) is 4.79 Å². The molecule has 1 amide bonds. The molecule has 3 rings (SSSR count). The third kappa shape index (κ3) is 5.29. The van der Waals surface area contributed by atoms with Crippen LogP contribution in [-0.4, -0.2) is 55.7 Å². The number of aromatic nitrogens is 1. The van der Waals surface area contributed by atoms with Gasteiger partial charge in [-0.3, -0.25) is 9.69 Å². The number of hydrogen-bond donors (Lipinski definition) is 0. The average molecular weight is 428 g/mol. The van der Waals surface area contributed by atoms with E-state index in [0.717, 1.165) is 28.3 Å². The highest BCUT2D eigenvalue weighted by Gasteiger charge is 2.22. The number of fused-ring (bicyclic) bond motifs is 1. The van der Waals surface area contributed by atoms with E-state index in [-0.39, 0.29) is 12.0 Å². The van der Waals surface area contributed by atoms with Crippen LogP contribution in [0.1, 0.15) is 31.1 Å². The summed E-state index contributed by atoms with van der Waals surface area (Å²) in [6.45, 7) is 7.75. The van der Waals surface area contributed by atoms with E-state index in [1.54, 1.807) is 4.90 Å². The molecule has 0 spiro atoms. The van der Waals surface area contributed by atoms with Crippen molar-refractivity contribution < 1.29 is 14.3 Å². The van der Waals surface area contributed by atoms with Crippen molar-refractivity contribution in [2.24, 2.45) is 0 Å². The van der Waals surface area contributed by atoms with E-state index < -0.39 is 0 Å². The van der Waals surface area contributed by atoms with Gasteiger partial charge >= 0.3 is 0 Å². The fourth-order valence-electron chi connectivity index (χ4n) is 2.99. The molecule has 2 aromatic carbocycles. The number of carbonyl (C=O) groups excluding carboxylic acids is 1. The van der Waals surface area contributed by atoms with Crippen molar-refractivity contribution in [2.75, 3.05) is 38.7 Å². The molecular formula is C23H29N3O3S. The number of nitrogens with zero attached hydrogens (tertiary/aromatic N) is 3. The van der Waals surface area contributed by atoms with Crippen LogP contribution in [0.15, 0.2) is 42.5 Å². The van der Waals surface area contributed by atoms with Crippen molar-refractivity contribution in [3.05, 3.63) is 48.0 Å². The number of rotatable bonds is 9. The molecule has 0 aliphatic rings. The Morgan fingerprint density at radius 3 is 2.47 bits per heavy atom. The molecule has 0 aliphatic carbocycles. The summed E-state index contributed by atoms with van der Waals surface area (Å²) in [5.41, 5.74) is 1.40. The molecular weight excluding hydrogens is 398 g/mol. The van der Waals surface area contributed by atoms with Gasteiger partial charge in [-0.2, -0.15) is 0 Å². The molecule has 0 bridgehead atoms. The first-order valence-electron chi connectivity index (χ1n) is 10.1. The van der Waals surface area contributed by atoms with Crippen LogP contribution < -0.4 is 14.4 Å². The van der Waals surface area contributed by atoms with Crippen LogP contribution in [0.4, 0.5) is 5.13 Å². The standard InChI is InChI=1S/C23H29N3O3S/c1-6-28-19-8-7-9-20-21(19)24-23(30-20)26(15-14-25(4)5)22(27)17-10-12-18(13-11-17)29-16(2)3/h7-13,16H,6,14-15H2,1-5H3. The summed E-state index contributed by atoms with van der Waals surface area (Å²) in [7, 11) is 3.98. The topological polar surface area (TPSA) is 54.9 Å². The van der Waals surface area contributed by atoms with Gasteiger partial charge in [0.1, 0.15) is 17.0 Å². The zero-order valence-corrected chi connectivity index (χ0v) is 19.0. The molecule has 1 heterocycles. The second-order valence-electron chi connectivity index (χ2n) is 7.48. The molecule has 0 saturated heterocycles. The lowest BCUT2D eigenvalue weighted by molar-refractivity contribution is 0.0985. The first-order chi connectivity index (χ1) is 14.4. The molecule has 0 radical (unpaired) electrons. The van der Waals surface area contributed by atoms with Gasteiger partial charge in [-0.05, 0) is 71.3 Å². The molecule has 7 heteroatoms. The zero-order valence-electron chi connectivity index (χ0n) is 18.2. The summed E-state index contributed by atoms with van der Waals surface area (Å²) in [6, 6.07) is 13.2. The van der Waals surface area contributed by atoms with Crippen LogP contribution in [0, 0.1) is 0 Å². The molecule has 160 valence electrons. The maximum Gasteiger partial charge on any atom is 0.260 e. The summed E-state index contributed by atoms with van der Waals surface area (Å²) in [5, 5.41) is 0.673. The molecule has 0 fully saturated rings. The lowest BCUT2D eigenvalue weighted by Gasteiger charge is -2.22. The van der Waals surface area contributed by atoms with Gasteiger partial charge in [0.2, 0.25) is 0 Å². The molecule has 3 aromatic rings. The van der Waals surface area contributed by atoms with Gasteiger partial charge in [0.15, 0.2) is 5.13 Å². The fraction of sp³-hybridized carbons (Fsp3) is 0.391. The Labute approximate surface area is 182 Å². The first kappa shape index (κ1) is 22.1. The molecule has 0 unspecified atom stereocenters. The van der Waals surface area contributed by atoms with Gasteiger partial charge in [-0.15, -0.1) is 0 Å². The van der Waals surface area contributed by atoms with E-state index in [4.69, 9.17) is 14.5 Å². The Morgan fingerprint density at radius 1 is 1.10 bits per heavy atom. The number of thiazole rings is 1. The van der Waals surface area contributed by atoms with Crippen LogP contribution >= 0.6 is 11.3 Å². The van der Waals surface area contributed by atoms with E-state index in [1.165, 1.54) is 11.3 Å². The first-order valence-corrected chi connectivity index (χ1v) is 11.0. The molecule has 0 saturated carbocycles. The molecule has 0 atom stereocenters. The van der Waals surface area contributed by atoms with Crippen LogP contribution in [0.3, 0.4) is 0 Å². The van der Waals surface area contributed by atoms with Crippen molar-refractivity contribution in [3.63, 3.8) is 0 Å². The fourth-order valence-corrected chi connectivity index (χ4v) is 3.99. The molecule has 30 heavy (non-hydrogen) atoms. The SMILES string of the molecule is CCOc1cccc2sc(N(CCN(C)C)C(=O)c3ccc(OC(C)C)cc3)nc12. The van der Waals surface area contributed by atoms with Gasteiger partial charge in [0.05, 0.1) is 17.4 Å². The number of carbonyl (C=O) groups is 1. The summed E-state index contributed by atoms with van der Waals surface area (Å²) < 4.78 is 12.4. The predicted molar refractivity (Wildman–Crippen MR) is 123 cm³/mol. The van der Waals surface area contributed by atoms with Crippen molar-refractivity contribution >= 4 is 32.6 Å². The Morgan fingerprint density at radius 2 is 1.83 bits per heavy atom. The van der Waals surface area contributed by atoms with Gasteiger partial charge in [0, 0.05) is 18.7 Å². The summed E-state index contributed by atoms with van der Waals surface area (Å²) in [4.78, 5) is 22.0. The molecule has 6 nitrogen and oxygen atoms in total. The highest BCUT2D eigenvalue weighted by molar-refractivity contribution is 7.22. The Hall–Kier alpha value is -2.64. The van der Waals surface area contributed by atoms with E-state index in [1.807, 2.05) is 77.3 Å². The van der Waals surface area contributed by atoms with Crippen molar-refractivity contribution in [2.45, 2.75) is 26.9 Å². The number of amides is 1. The largest absolute Gasteiger partial charge is 0.492 e. The number of benzene rings is 2. The Bertz CT molecular complexity index is 983. The second kappa shape index (κ2) is 9.91. The normalized spacial score (nSPS) is 11.3. The number of anilines is 1. The van der Waals surface area contributed by atoms with Gasteiger partial charge in [-0.25, -0.2) is 4.98 Å². The number of para-hydroxylation sites is 1. The maximum absolute atomic E-state index is 13.4. The van der Waals surface area contributed by atoms with Crippen LogP contribution in [0.2, 0.25) is 0 Å². The minimum absolute atomic E-state index is 0.0787. The number of likely N-dealkylation sites (N-methyl/N-ethyl adjacent to an activating group) is 1. The van der Waals surface area contributed by atoms with Crippen molar-refractivity contribution in [3.8, 4) is 11.5 Å². The van der Waals surface area contributed by atoms with E-state index >= 15 is 0 Å². The van der Waals surface area contributed by atoms with Crippen LogP contribution in [0.25, 0.3) is 10.2 Å². The minimum atomic E-state index is -0.0787. The summed E-state index contributed by atoms with van der Waals surface area (Å²) in [6.07, 6.45) is 0.0884. The van der Waals surface area contributed by atoms with Crippen LogP contribution in [-0.2, 0) is 0 Å². The lowest BCUT2D eigenvalue weighted by Crippen LogP contribution is -2.36. The van der Waals surface area contributed by atoms with Gasteiger partial charge in [0.25, 0.3) is 5.91 Å². The Balaban J connectivity index is 1.93. The third-order valence-electron chi connectivity index (χ3n) is 4.39. The Kier molecular flexibility index (Phi) is 7.29. The molecule has 0 N–H and O–H groups in total. The van der Waals surface area contributed by atoms with Gasteiger partial charge < -0.3 is 14.4 Å². The highest BCUT2D eigenvalue weighted by atomic mass is 32.1. The predicted octanol–water partition coefficient (Wildman–Crippen LogP) is 4.69. The third-order valence-corrected chi connectivity index (χ3v) is 5.43. The summed E-state index contributed by atoms with van der Waals surface area (Å²) >= 11 is 1.50. The quantitative estimate of drug-likeness (QED) is 0.496. The number of ether oxygens (including phenoxy) is 2. The molecule has 0 aliphatic heterocycles. The molecule has 1 aromatic heterocycles. The highest BCUT2D eigenvalue weighted by Crippen LogP contribution is 2.34. The van der Waals surface area contributed by atoms with E-state index in [0.29, 0.717) is 23.8 Å². The van der Waals surface area contributed by atoms with E-state index in [2.05, 4.69) is 4.90 Å². The van der Waals surface area contributed by atoms with Crippen molar-refractivity contribution in [1.29, 1.82) is 0 Å². The monoisotopic (exact) mass is 427 g/mol. The minimum Gasteiger partial charge on any atom is -0.492 e. The van der Waals surface area contributed by atoms with Crippen molar-refractivity contribution in [1.82, 2.24) is 9.88 Å². The average Bonchev–Trinajstić information content (AvgIpc) is 3.13. The number of hydrogen-bond acceptors (Lipinski definition) is 6. The van der Waals surface area contributed by atoms with Gasteiger partial charge in [-0.1, -0.05) is 17.4 Å². The lowest BCUT2D eigenvalue weighted by atomic mass is 10.2. The zero-order chi connectivity index (χ0) is 21.7.